The summed E-state index contributed by atoms with van der Waals surface area (Å²) in [4.78, 5) is 27.7. The maximum atomic E-state index is 11.3. The van der Waals surface area contributed by atoms with E-state index < -0.39 is 32.7 Å². The molecule has 4 heterocycles. The van der Waals surface area contributed by atoms with Gasteiger partial charge in [-0.2, -0.15) is 0 Å². The Bertz CT molecular complexity index is 1840. The van der Waals surface area contributed by atoms with E-state index in [0.29, 0.717) is 6.07 Å². The summed E-state index contributed by atoms with van der Waals surface area (Å²) in [6.07, 6.45) is 3.63. The van der Waals surface area contributed by atoms with Crippen molar-refractivity contribution in [2.45, 2.75) is 12.8 Å². The number of azo groups is 1. The number of fused-ring (bicyclic) bond motifs is 2. The predicted molar refractivity (Wildman–Crippen MR) is 147 cm³/mol. The second-order valence-electron chi connectivity index (χ2n) is 8.47. The number of allylic oxidation sites excluding steroid dienone is 1. The van der Waals surface area contributed by atoms with E-state index in [9.17, 15) is 25.3 Å². The third-order valence-electron chi connectivity index (χ3n) is 6.15. The number of anilines is 1. The Morgan fingerprint density at radius 3 is 2.56 bits per heavy atom. The molecule has 194 valence electrons. The Labute approximate surface area is 226 Å². The lowest BCUT2D eigenvalue weighted by atomic mass is 10.1. The van der Waals surface area contributed by atoms with E-state index in [1.807, 2.05) is 35.0 Å². The molecule has 0 bridgehead atoms. The van der Waals surface area contributed by atoms with Crippen molar-refractivity contribution in [1.82, 2.24) is 14.6 Å². The van der Waals surface area contributed by atoms with Crippen LogP contribution in [-0.4, -0.2) is 29.6 Å². The van der Waals surface area contributed by atoms with E-state index in [-0.39, 0.29) is 17.2 Å². The Morgan fingerprint density at radius 2 is 1.87 bits per heavy atom. The Morgan fingerprint density at radius 1 is 1.08 bits per heavy atom. The molecule has 0 radical (unpaired) electrons. The standard InChI is InChI=1S/C24H16N8O5S2/c25-23-20(28-27-16-10-13(31(34)35)11-17(22(16)33)32(36)37)24-26-19-12(9-14-3-1-7-38-14)5-6-15(19)21(30(24)29-23)18-4-2-8-39-18/h1-4,7-11,33H,5-6H2,(H2,25,29)/b12-9-,28-27?. The van der Waals surface area contributed by atoms with Gasteiger partial charge in [0.1, 0.15) is 5.69 Å². The molecule has 15 heteroatoms. The molecule has 6 rings (SSSR count). The SMILES string of the molecule is Nc1nn2c(-c3cccs3)c3c(nc2c1N=Nc1cc([N+](=O)[O-])cc([N+](=O)[O-])c1O)/C(=C\c1cccs1)CC3. The van der Waals surface area contributed by atoms with Crippen LogP contribution in [0.5, 0.6) is 5.75 Å². The number of nitrogen functional groups attached to an aromatic ring is 1. The van der Waals surface area contributed by atoms with Gasteiger partial charge in [-0.25, -0.2) is 9.50 Å². The average molecular weight is 561 g/mol. The summed E-state index contributed by atoms with van der Waals surface area (Å²) in [5.74, 6) is -0.880. The number of phenols is 1. The fourth-order valence-electron chi connectivity index (χ4n) is 4.43. The molecular formula is C24H16N8O5S2. The number of nitro benzene ring substituents is 2. The highest BCUT2D eigenvalue weighted by Crippen LogP contribution is 2.44. The number of phenolic OH excluding ortho intramolecular Hbond substituents is 1. The maximum Gasteiger partial charge on any atom is 0.319 e. The van der Waals surface area contributed by atoms with Crippen molar-refractivity contribution in [3.05, 3.63) is 83.5 Å². The molecule has 0 atom stereocenters. The highest BCUT2D eigenvalue weighted by atomic mass is 32.1. The van der Waals surface area contributed by atoms with E-state index in [2.05, 4.69) is 21.4 Å². The third kappa shape index (κ3) is 4.18. The smallest absolute Gasteiger partial charge is 0.319 e. The quantitative estimate of drug-likeness (QED) is 0.133. The summed E-state index contributed by atoms with van der Waals surface area (Å²) < 4.78 is 1.60. The number of nitro groups is 2. The van der Waals surface area contributed by atoms with Crippen molar-refractivity contribution in [3.8, 4) is 16.3 Å². The molecule has 0 saturated carbocycles. The van der Waals surface area contributed by atoms with Crippen molar-refractivity contribution in [2.24, 2.45) is 10.2 Å². The summed E-state index contributed by atoms with van der Waals surface area (Å²) in [6.45, 7) is 0. The molecule has 0 saturated heterocycles. The van der Waals surface area contributed by atoms with E-state index in [4.69, 9.17) is 10.7 Å². The van der Waals surface area contributed by atoms with Gasteiger partial charge >= 0.3 is 5.69 Å². The molecule has 0 aliphatic heterocycles. The molecule has 0 unspecified atom stereocenters. The van der Waals surface area contributed by atoms with E-state index >= 15 is 0 Å². The van der Waals surface area contributed by atoms with Gasteiger partial charge in [0.2, 0.25) is 5.75 Å². The van der Waals surface area contributed by atoms with Crippen molar-refractivity contribution < 1.29 is 15.0 Å². The summed E-state index contributed by atoms with van der Waals surface area (Å²) in [6, 6.07) is 9.44. The molecular weight excluding hydrogens is 544 g/mol. The normalized spacial score (nSPS) is 14.0. The number of rotatable bonds is 6. The van der Waals surface area contributed by atoms with Gasteiger partial charge < -0.3 is 10.8 Å². The van der Waals surface area contributed by atoms with Gasteiger partial charge in [-0.05, 0) is 47.4 Å². The molecule has 5 aromatic rings. The average Bonchev–Trinajstić information content (AvgIpc) is 3.71. The number of nitrogens with two attached hydrogens (primary N) is 1. The first kappa shape index (κ1) is 24.3. The number of hydrogen-bond acceptors (Lipinski definition) is 12. The van der Waals surface area contributed by atoms with E-state index in [1.165, 1.54) is 11.3 Å². The first-order valence-corrected chi connectivity index (χ1v) is 13.1. The molecule has 3 N–H and O–H groups in total. The zero-order chi connectivity index (χ0) is 27.3. The Hall–Kier alpha value is -5.02. The van der Waals surface area contributed by atoms with Gasteiger partial charge in [-0.3, -0.25) is 20.2 Å². The maximum absolute atomic E-state index is 11.3. The molecule has 39 heavy (non-hydrogen) atoms. The highest BCUT2D eigenvalue weighted by molar-refractivity contribution is 7.13. The summed E-state index contributed by atoms with van der Waals surface area (Å²) in [5, 5.41) is 49.4. The summed E-state index contributed by atoms with van der Waals surface area (Å²) >= 11 is 3.16. The molecule has 1 aliphatic rings. The van der Waals surface area contributed by atoms with Crippen molar-refractivity contribution in [3.63, 3.8) is 0 Å². The first-order chi connectivity index (χ1) is 18.8. The van der Waals surface area contributed by atoms with Crippen molar-refractivity contribution >= 4 is 68.5 Å². The third-order valence-corrected chi connectivity index (χ3v) is 7.84. The second-order valence-corrected chi connectivity index (χ2v) is 10.4. The van der Waals surface area contributed by atoms with Crippen LogP contribution in [0.2, 0.25) is 0 Å². The van der Waals surface area contributed by atoms with E-state index in [0.717, 1.165) is 51.2 Å². The molecule has 4 aromatic heterocycles. The van der Waals surface area contributed by atoms with Crippen LogP contribution in [-0.2, 0) is 6.42 Å². The lowest BCUT2D eigenvalue weighted by molar-refractivity contribution is -0.394. The zero-order valence-electron chi connectivity index (χ0n) is 19.7. The van der Waals surface area contributed by atoms with Gasteiger partial charge in [0.15, 0.2) is 17.2 Å². The number of nitrogens with zero attached hydrogens (tertiary/aromatic N) is 7. The van der Waals surface area contributed by atoms with E-state index in [1.54, 1.807) is 15.9 Å². The van der Waals surface area contributed by atoms with Gasteiger partial charge in [-0.15, -0.1) is 38.0 Å². The lowest BCUT2D eigenvalue weighted by Gasteiger charge is -2.09. The minimum absolute atomic E-state index is 0.0177. The number of non-ortho nitro benzene ring substituents is 1. The van der Waals surface area contributed by atoms with Crippen LogP contribution in [0.25, 0.3) is 27.9 Å². The molecule has 1 aromatic carbocycles. The number of aromatic nitrogens is 3. The van der Waals surface area contributed by atoms with Crippen LogP contribution in [0.4, 0.5) is 28.6 Å². The number of thiophene rings is 2. The molecule has 0 spiro atoms. The minimum Gasteiger partial charge on any atom is -0.501 e. The van der Waals surface area contributed by atoms with Gasteiger partial charge in [0.05, 0.1) is 32.2 Å². The molecule has 13 nitrogen and oxygen atoms in total. The highest BCUT2D eigenvalue weighted by Gasteiger charge is 2.29. The minimum atomic E-state index is -0.940. The summed E-state index contributed by atoms with van der Waals surface area (Å²) in [5.41, 5.74) is 8.28. The second kappa shape index (κ2) is 9.38. The largest absolute Gasteiger partial charge is 0.501 e. The van der Waals surface area contributed by atoms with Crippen LogP contribution < -0.4 is 5.73 Å². The predicted octanol–water partition coefficient (Wildman–Crippen LogP) is 6.53. The lowest BCUT2D eigenvalue weighted by Crippen LogP contribution is -2.02. The Balaban J connectivity index is 1.55. The van der Waals surface area contributed by atoms with Crippen LogP contribution in [0, 0.1) is 20.2 Å². The monoisotopic (exact) mass is 560 g/mol. The first-order valence-electron chi connectivity index (χ1n) is 11.4. The molecule has 1 aliphatic carbocycles. The van der Waals surface area contributed by atoms with Crippen molar-refractivity contribution in [1.29, 1.82) is 0 Å². The van der Waals surface area contributed by atoms with Gasteiger partial charge in [0, 0.05) is 16.5 Å². The van der Waals surface area contributed by atoms with Crippen LogP contribution in [0.15, 0.2) is 57.4 Å². The van der Waals surface area contributed by atoms with Crippen LogP contribution in [0.3, 0.4) is 0 Å². The fraction of sp³-hybridized carbons (Fsp3) is 0.0833. The molecule has 0 fully saturated rings. The van der Waals surface area contributed by atoms with Gasteiger partial charge in [-0.1, -0.05) is 12.1 Å². The number of aromatic hydroxyl groups is 1. The van der Waals surface area contributed by atoms with Crippen LogP contribution >= 0.6 is 22.7 Å². The number of hydrogen-bond donors (Lipinski definition) is 2. The molecule has 0 amide bonds. The van der Waals surface area contributed by atoms with Gasteiger partial charge in [0.25, 0.3) is 5.69 Å². The Kier molecular flexibility index (Phi) is 5.85. The van der Waals surface area contributed by atoms with Crippen LogP contribution in [0.1, 0.15) is 22.6 Å². The number of benzene rings is 1. The van der Waals surface area contributed by atoms with Crippen molar-refractivity contribution in [2.75, 3.05) is 5.73 Å². The topological polar surface area (TPSA) is 187 Å². The fourth-order valence-corrected chi connectivity index (χ4v) is 5.89. The zero-order valence-corrected chi connectivity index (χ0v) is 21.3. The summed E-state index contributed by atoms with van der Waals surface area (Å²) in [7, 11) is 0.